The fraction of sp³-hybridized carbons (Fsp3) is 0.0714. The van der Waals surface area contributed by atoms with Gasteiger partial charge in [-0.15, -0.1) is 0 Å². The van der Waals surface area contributed by atoms with E-state index in [0.717, 1.165) is 5.69 Å². The third-order valence-electron chi connectivity index (χ3n) is 2.54. The molecule has 0 aliphatic carbocycles. The van der Waals surface area contributed by atoms with E-state index in [-0.39, 0.29) is 5.92 Å². The van der Waals surface area contributed by atoms with Crippen LogP contribution in [0, 0.1) is 6.92 Å². The fourth-order valence-corrected chi connectivity index (χ4v) is 1.61. The largest absolute Gasteiger partial charge is 0.399 e. The van der Waals surface area contributed by atoms with Crippen molar-refractivity contribution < 1.29 is 0 Å². The summed E-state index contributed by atoms with van der Waals surface area (Å²) in [5.41, 5.74) is 8.85. The van der Waals surface area contributed by atoms with Crippen molar-refractivity contribution in [3.63, 3.8) is 0 Å². The lowest BCUT2D eigenvalue weighted by Crippen LogP contribution is -1.96. The second kappa shape index (κ2) is 4.18. The van der Waals surface area contributed by atoms with Gasteiger partial charge in [-0.05, 0) is 30.2 Å². The topological polar surface area (TPSA) is 26.0 Å². The molecular formula is C14H14N. The number of hydrogen-bond donors (Lipinski definition) is 1. The van der Waals surface area contributed by atoms with Crippen LogP contribution in [0.2, 0.25) is 0 Å². The first kappa shape index (κ1) is 9.78. The Morgan fingerprint density at radius 1 is 0.800 bits per heavy atom. The van der Waals surface area contributed by atoms with Crippen molar-refractivity contribution in [3.8, 4) is 0 Å². The summed E-state index contributed by atoms with van der Waals surface area (Å²) in [6.45, 7) is 4.17. The van der Waals surface area contributed by atoms with E-state index in [1.165, 1.54) is 11.1 Å². The van der Waals surface area contributed by atoms with Gasteiger partial charge in [0.25, 0.3) is 0 Å². The van der Waals surface area contributed by atoms with Crippen LogP contribution >= 0.6 is 0 Å². The molecule has 0 bridgehead atoms. The molecule has 1 nitrogen and oxygen atoms in total. The van der Waals surface area contributed by atoms with Gasteiger partial charge in [0.05, 0.1) is 0 Å². The molecule has 0 heterocycles. The predicted molar refractivity (Wildman–Crippen MR) is 64.5 cm³/mol. The molecule has 1 unspecified atom stereocenters. The van der Waals surface area contributed by atoms with Crippen LogP contribution in [0.5, 0.6) is 0 Å². The highest BCUT2D eigenvalue weighted by Crippen LogP contribution is 2.23. The smallest absolute Gasteiger partial charge is 0.0314 e. The summed E-state index contributed by atoms with van der Waals surface area (Å²) < 4.78 is 0. The average Bonchev–Trinajstić information content (AvgIpc) is 2.30. The number of benzene rings is 2. The van der Waals surface area contributed by atoms with Crippen molar-refractivity contribution in [1.29, 1.82) is 0 Å². The summed E-state index contributed by atoms with van der Waals surface area (Å²) in [7, 11) is 0. The molecule has 1 heteroatoms. The maximum Gasteiger partial charge on any atom is 0.0314 e. The number of anilines is 1. The van der Waals surface area contributed by atoms with Crippen LogP contribution in [-0.4, -0.2) is 0 Å². The Morgan fingerprint density at radius 2 is 1.33 bits per heavy atom. The summed E-state index contributed by atoms with van der Waals surface area (Å²) in [5.74, 6) is 0.173. The Morgan fingerprint density at radius 3 is 1.93 bits per heavy atom. The highest BCUT2D eigenvalue weighted by Gasteiger charge is 2.06. The van der Waals surface area contributed by atoms with Crippen LogP contribution in [0.15, 0.2) is 54.6 Å². The van der Waals surface area contributed by atoms with Gasteiger partial charge in [-0.25, -0.2) is 0 Å². The van der Waals surface area contributed by atoms with E-state index in [9.17, 15) is 0 Å². The highest BCUT2D eigenvalue weighted by atomic mass is 14.5. The Kier molecular flexibility index (Phi) is 2.72. The molecule has 1 atom stereocenters. The van der Waals surface area contributed by atoms with E-state index >= 15 is 0 Å². The summed E-state index contributed by atoms with van der Waals surface area (Å²) in [6, 6.07) is 18.1. The molecular weight excluding hydrogens is 182 g/mol. The van der Waals surface area contributed by atoms with Crippen molar-refractivity contribution >= 4 is 5.69 Å². The maximum atomic E-state index is 5.65. The molecule has 2 aromatic rings. The number of nitrogen functional groups attached to an aromatic ring is 1. The minimum Gasteiger partial charge on any atom is -0.399 e. The van der Waals surface area contributed by atoms with Crippen LogP contribution in [0.1, 0.15) is 17.0 Å². The second-order valence-corrected chi connectivity index (χ2v) is 3.63. The van der Waals surface area contributed by atoms with Crippen molar-refractivity contribution in [3.05, 3.63) is 72.6 Å². The molecule has 0 aliphatic heterocycles. The number of nitrogens with two attached hydrogens (primary N) is 1. The van der Waals surface area contributed by atoms with Crippen LogP contribution in [0.25, 0.3) is 0 Å². The van der Waals surface area contributed by atoms with E-state index in [4.69, 9.17) is 5.73 Å². The summed E-state index contributed by atoms with van der Waals surface area (Å²) in [5, 5.41) is 0. The molecule has 15 heavy (non-hydrogen) atoms. The standard InChI is InChI=1S/C14H14N/c1-11(12-5-3-2-4-6-12)13-7-9-14(15)10-8-13/h2-11H,1,15H2. The molecule has 0 amide bonds. The Balaban J connectivity index is 2.29. The average molecular weight is 196 g/mol. The first-order chi connectivity index (χ1) is 7.27. The SMILES string of the molecule is [CH2]C(c1ccccc1)c1ccc(N)cc1. The molecule has 0 spiro atoms. The van der Waals surface area contributed by atoms with E-state index < -0.39 is 0 Å². The van der Waals surface area contributed by atoms with Crippen molar-refractivity contribution in [2.75, 3.05) is 5.73 Å². The number of hydrogen-bond acceptors (Lipinski definition) is 1. The molecule has 0 saturated carbocycles. The van der Waals surface area contributed by atoms with Gasteiger partial charge in [-0.3, -0.25) is 0 Å². The second-order valence-electron chi connectivity index (χ2n) is 3.63. The molecule has 2 N–H and O–H groups in total. The Bertz CT molecular complexity index is 417. The zero-order chi connectivity index (χ0) is 10.7. The molecule has 0 aromatic heterocycles. The van der Waals surface area contributed by atoms with Crippen molar-refractivity contribution in [2.24, 2.45) is 0 Å². The molecule has 2 aromatic carbocycles. The van der Waals surface area contributed by atoms with Gasteiger partial charge in [0.2, 0.25) is 0 Å². The van der Waals surface area contributed by atoms with Gasteiger partial charge >= 0.3 is 0 Å². The van der Waals surface area contributed by atoms with Crippen LogP contribution < -0.4 is 5.73 Å². The molecule has 75 valence electrons. The zero-order valence-electron chi connectivity index (χ0n) is 8.56. The highest BCUT2D eigenvalue weighted by molar-refractivity contribution is 5.43. The van der Waals surface area contributed by atoms with E-state index in [2.05, 4.69) is 19.1 Å². The monoisotopic (exact) mass is 196 g/mol. The van der Waals surface area contributed by atoms with Gasteiger partial charge in [-0.2, -0.15) is 0 Å². The zero-order valence-corrected chi connectivity index (χ0v) is 8.56. The molecule has 0 fully saturated rings. The fourth-order valence-electron chi connectivity index (χ4n) is 1.61. The minimum atomic E-state index is 0.173. The van der Waals surface area contributed by atoms with Crippen LogP contribution in [0.4, 0.5) is 5.69 Å². The normalized spacial score (nSPS) is 12.3. The summed E-state index contributed by atoms with van der Waals surface area (Å²) in [6.07, 6.45) is 0. The van der Waals surface area contributed by atoms with Crippen molar-refractivity contribution in [1.82, 2.24) is 0 Å². The molecule has 0 saturated heterocycles. The van der Waals surface area contributed by atoms with Gasteiger partial charge in [0.1, 0.15) is 0 Å². The molecule has 0 aliphatic rings. The van der Waals surface area contributed by atoms with Crippen molar-refractivity contribution in [2.45, 2.75) is 5.92 Å². The Labute approximate surface area is 90.6 Å². The van der Waals surface area contributed by atoms with Gasteiger partial charge in [0.15, 0.2) is 0 Å². The van der Waals surface area contributed by atoms with E-state index in [1.54, 1.807) is 0 Å². The quantitative estimate of drug-likeness (QED) is 0.733. The third kappa shape index (κ3) is 2.18. The minimum absolute atomic E-state index is 0.173. The summed E-state index contributed by atoms with van der Waals surface area (Å²) in [4.78, 5) is 0. The van der Waals surface area contributed by atoms with Gasteiger partial charge in [0, 0.05) is 11.6 Å². The predicted octanol–water partition coefficient (Wildman–Crippen LogP) is 3.23. The third-order valence-corrected chi connectivity index (χ3v) is 2.54. The maximum absolute atomic E-state index is 5.65. The lowest BCUT2D eigenvalue weighted by Gasteiger charge is -2.12. The van der Waals surface area contributed by atoms with Crippen LogP contribution in [-0.2, 0) is 0 Å². The summed E-state index contributed by atoms with van der Waals surface area (Å²) >= 11 is 0. The number of rotatable bonds is 2. The van der Waals surface area contributed by atoms with Gasteiger partial charge < -0.3 is 5.73 Å². The first-order valence-corrected chi connectivity index (χ1v) is 5.01. The first-order valence-electron chi connectivity index (χ1n) is 5.01. The lowest BCUT2D eigenvalue weighted by molar-refractivity contribution is 1.02. The molecule has 1 radical (unpaired) electrons. The lowest BCUT2D eigenvalue weighted by atomic mass is 9.93. The van der Waals surface area contributed by atoms with E-state index in [1.807, 2.05) is 42.5 Å². The Hall–Kier alpha value is -1.76. The van der Waals surface area contributed by atoms with Crippen LogP contribution in [0.3, 0.4) is 0 Å². The molecule has 2 rings (SSSR count). The van der Waals surface area contributed by atoms with E-state index in [0.29, 0.717) is 0 Å². The van der Waals surface area contributed by atoms with Gasteiger partial charge in [-0.1, -0.05) is 42.5 Å².